The van der Waals surface area contributed by atoms with Gasteiger partial charge in [0, 0.05) is 31.5 Å². The molecule has 1 aliphatic heterocycles. The summed E-state index contributed by atoms with van der Waals surface area (Å²) in [6.45, 7) is 6.87. The van der Waals surface area contributed by atoms with Gasteiger partial charge < -0.3 is 20.1 Å². The van der Waals surface area contributed by atoms with Crippen LogP contribution in [0.4, 0.5) is 5.69 Å². The fourth-order valence-corrected chi connectivity index (χ4v) is 7.18. The second-order valence-electron chi connectivity index (χ2n) is 10.8. The smallest absolute Gasteiger partial charge is 0.326 e. The number of sulfonamides is 1. The Morgan fingerprint density at radius 2 is 1.70 bits per heavy atom. The Labute approximate surface area is 253 Å². The van der Waals surface area contributed by atoms with Crippen molar-refractivity contribution >= 4 is 44.1 Å². The van der Waals surface area contributed by atoms with Gasteiger partial charge in [0.05, 0.1) is 24.7 Å². The van der Waals surface area contributed by atoms with Crippen LogP contribution in [0.2, 0.25) is 0 Å². The molecule has 4 N–H and O–H groups in total. The molecule has 0 saturated carbocycles. The highest BCUT2D eigenvalue weighted by atomic mass is 32.2. The first-order chi connectivity index (χ1) is 20.5. The van der Waals surface area contributed by atoms with E-state index < -0.39 is 21.2 Å². The lowest BCUT2D eigenvalue weighted by atomic mass is 10.0. The maximum absolute atomic E-state index is 14.2. The number of benzene rings is 3. The number of carbonyl (C=O) groups excluding carboxylic acids is 1. The van der Waals surface area contributed by atoms with Gasteiger partial charge in [-0.05, 0) is 73.0 Å². The molecule has 3 aromatic rings. The van der Waals surface area contributed by atoms with Crippen LogP contribution in [0.1, 0.15) is 57.6 Å². The molecule has 0 spiro atoms. The second kappa shape index (κ2) is 13.9. The van der Waals surface area contributed by atoms with Gasteiger partial charge in [0.25, 0.3) is 0 Å². The zero-order valence-corrected chi connectivity index (χ0v) is 25.8. The Hall–Kier alpha value is -4.12. The lowest BCUT2D eigenvalue weighted by molar-refractivity contribution is -0.142. The van der Waals surface area contributed by atoms with Gasteiger partial charge in [-0.3, -0.25) is 19.9 Å². The van der Waals surface area contributed by atoms with Crippen molar-refractivity contribution in [2.75, 3.05) is 24.0 Å². The largest absolute Gasteiger partial charge is 0.490 e. The van der Waals surface area contributed by atoms with Gasteiger partial charge in [0.15, 0.2) is 5.25 Å². The molecule has 0 aliphatic carbocycles. The van der Waals surface area contributed by atoms with Gasteiger partial charge in [0.1, 0.15) is 17.7 Å². The predicted octanol–water partition coefficient (Wildman–Crippen LogP) is 5.03. The number of likely N-dealkylation sites (tertiary alicyclic amines) is 1. The third-order valence-corrected chi connectivity index (χ3v) is 9.75. The van der Waals surface area contributed by atoms with Crippen molar-refractivity contribution in [3.63, 3.8) is 0 Å². The monoisotopic (exact) mass is 607 g/mol. The topological polar surface area (TPSA) is 150 Å². The van der Waals surface area contributed by atoms with Gasteiger partial charge in [-0.15, -0.1) is 0 Å². The molecule has 0 aromatic heterocycles. The van der Waals surface area contributed by atoms with Crippen molar-refractivity contribution in [1.29, 1.82) is 10.8 Å². The number of esters is 1. The van der Waals surface area contributed by atoms with Gasteiger partial charge in [-0.25, -0.2) is 8.42 Å². The minimum absolute atomic E-state index is 0.0101. The molecule has 1 saturated heterocycles. The highest BCUT2D eigenvalue weighted by Gasteiger charge is 2.38. The minimum Gasteiger partial charge on any atom is -0.490 e. The molecule has 3 aromatic carbocycles. The zero-order valence-electron chi connectivity index (χ0n) is 25.0. The average molecular weight is 608 g/mol. The van der Waals surface area contributed by atoms with E-state index in [2.05, 4.69) is 0 Å². The second-order valence-corrected chi connectivity index (χ2v) is 12.8. The molecule has 230 valence electrons. The third-order valence-electron chi connectivity index (χ3n) is 7.65. The summed E-state index contributed by atoms with van der Waals surface area (Å²) in [6, 6.07) is 18.0. The summed E-state index contributed by atoms with van der Waals surface area (Å²) in [5.74, 6) is 0.375. The molecule has 11 heteroatoms. The molecule has 1 aliphatic rings. The third kappa shape index (κ3) is 7.64. The zero-order chi connectivity index (χ0) is 31.1. The lowest BCUT2D eigenvalue weighted by Gasteiger charge is -2.33. The van der Waals surface area contributed by atoms with Gasteiger partial charge in [-0.2, -0.15) is 0 Å². The quantitative estimate of drug-likeness (QED) is 0.148. The number of fused-ring (bicyclic) bond motifs is 1. The summed E-state index contributed by atoms with van der Waals surface area (Å²) < 4.78 is 41.0. The number of piperidine rings is 1. The summed E-state index contributed by atoms with van der Waals surface area (Å²) in [6.07, 6.45) is 2.22. The molecule has 4 rings (SSSR count). The molecule has 1 unspecified atom stereocenters. The van der Waals surface area contributed by atoms with Crippen LogP contribution in [0.3, 0.4) is 0 Å². The van der Waals surface area contributed by atoms with E-state index in [1.165, 1.54) is 4.31 Å². The van der Waals surface area contributed by atoms with E-state index in [4.69, 9.17) is 26.0 Å². The van der Waals surface area contributed by atoms with Crippen molar-refractivity contribution in [1.82, 2.24) is 4.90 Å². The van der Waals surface area contributed by atoms with Crippen LogP contribution in [0.15, 0.2) is 60.7 Å². The molecule has 10 nitrogen and oxygen atoms in total. The van der Waals surface area contributed by atoms with Crippen molar-refractivity contribution in [3.8, 4) is 5.75 Å². The molecule has 43 heavy (non-hydrogen) atoms. The summed E-state index contributed by atoms with van der Waals surface area (Å²) in [7, 11) is -4.19. The Morgan fingerprint density at radius 1 is 1.02 bits per heavy atom. The Balaban J connectivity index is 1.66. The number of nitrogen functional groups attached to an aromatic ring is 1. The summed E-state index contributed by atoms with van der Waals surface area (Å²) in [4.78, 5) is 14.9. The number of anilines is 1. The van der Waals surface area contributed by atoms with Gasteiger partial charge in [0.2, 0.25) is 10.0 Å². The minimum atomic E-state index is -4.19. The van der Waals surface area contributed by atoms with E-state index in [0.29, 0.717) is 34.8 Å². The van der Waals surface area contributed by atoms with E-state index in [1.54, 1.807) is 50.2 Å². The van der Waals surface area contributed by atoms with Crippen LogP contribution in [0.25, 0.3) is 10.8 Å². The highest BCUT2D eigenvalue weighted by Crippen LogP contribution is 2.30. The van der Waals surface area contributed by atoms with Gasteiger partial charge >= 0.3 is 5.97 Å². The number of hydrogen-bond donors (Lipinski definition) is 3. The highest BCUT2D eigenvalue weighted by molar-refractivity contribution is 7.94. The number of nitrogens with two attached hydrogens (primary N) is 1. The predicted molar refractivity (Wildman–Crippen MR) is 170 cm³/mol. The van der Waals surface area contributed by atoms with Crippen molar-refractivity contribution < 1.29 is 22.7 Å². The Bertz CT molecular complexity index is 1570. The maximum Gasteiger partial charge on any atom is 0.326 e. The molecule has 1 fully saturated rings. The molecular weight excluding hydrogens is 566 g/mol. The fraction of sp³-hybridized carbons (Fsp3) is 0.406. The van der Waals surface area contributed by atoms with E-state index in [9.17, 15) is 13.2 Å². The number of carbonyl (C=O) groups is 1. The van der Waals surface area contributed by atoms with Crippen molar-refractivity contribution in [3.05, 3.63) is 71.8 Å². The van der Waals surface area contributed by atoms with E-state index >= 15 is 0 Å². The van der Waals surface area contributed by atoms with Crippen LogP contribution in [-0.2, 0) is 26.1 Å². The number of nitrogens with zero attached hydrogens (tertiary/aromatic N) is 2. The van der Waals surface area contributed by atoms with Crippen molar-refractivity contribution in [2.24, 2.45) is 5.73 Å². The first kappa shape index (κ1) is 31.8. The molecule has 0 bridgehead atoms. The molecule has 1 atom stereocenters. The fourth-order valence-electron chi connectivity index (χ4n) is 5.29. The Kier molecular flexibility index (Phi) is 10.3. The van der Waals surface area contributed by atoms with E-state index in [0.717, 1.165) is 36.7 Å². The van der Waals surface area contributed by atoms with Crippen LogP contribution in [-0.4, -0.2) is 62.0 Å². The molecule has 0 radical (unpaired) electrons. The van der Waals surface area contributed by atoms with Crippen LogP contribution in [0.5, 0.6) is 5.75 Å². The van der Waals surface area contributed by atoms with Crippen LogP contribution < -0.4 is 14.8 Å². The van der Waals surface area contributed by atoms with Crippen LogP contribution >= 0.6 is 0 Å². The number of rotatable bonds is 12. The molecule has 0 amide bonds. The lowest BCUT2D eigenvalue weighted by Crippen LogP contribution is -2.43. The number of ether oxygens (including phenoxy) is 2. The van der Waals surface area contributed by atoms with Crippen LogP contribution in [0, 0.1) is 10.8 Å². The summed E-state index contributed by atoms with van der Waals surface area (Å²) in [5, 5.41) is 16.0. The van der Waals surface area contributed by atoms with E-state index in [1.807, 2.05) is 36.1 Å². The molecular formula is C32H41N5O5S. The van der Waals surface area contributed by atoms with E-state index in [-0.39, 0.29) is 31.5 Å². The summed E-state index contributed by atoms with van der Waals surface area (Å²) >= 11 is 0. The first-order valence-corrected chi connectivity index (χ1v) is 16.2. The van der Waals surface area contributed by atoms with Crippen molar-refractivity contribution in [2.45, 2.75) is 64.4 Å². The summed E-state index contributed by atoms with van der Waals surface area (Å²) in [5.41, 5.74) is 7.39. The number of nitrogens with one attached hydrogen (secondary N) is 2. The standard InChI is InChI=1S/C32H41N5O5S/c1-4-6-30(32(38)41-5-2)43(39,40)37(21-23-7-8-24-9-10-25(31(34)35)20-26(24)19-23)27-11-13-28(14-12-27)42-29-15-17-36(18-16-29)22(3)33/h7-14,19-20,29-30,33H,4-6,15-18,21H2,1-3H3,(H3,34,35). The normalized spacial score (nSPS) is 14.7. The molecule has 1 heterocycles. The van der Waals surface area contributed by atoms with Gasteiger partial charge in [-0.1, -0.05) is 37.6 Å². The number of amidine groups is 2. The first-order valence-electron chi connectivity index (χ1n) is 14.7. The SMILES string of the molecule is CCCC(C(=O)OCC)S(=O)(=O)N(Cc1ccc2ccc(C(=N)N)cc2c1)c1ccc(OC2CCN(C(C)=N)CC2)cc1. The average Bonchev–Trinajstić information content (AvgIpc) is 2.99. The maximum atomic E-state index is 14.2. The number of hydrogen-bond acceptors (Lipinski definition) is 7. The Morgan fingerprint density at radius 3 is 2.30 bits per heavy atom.